The number of methoxy groups -OCH3 is 1. The van der Waals surface area contributed by atoms with E-state index in [0.29, 0.717) is 5.69 Å². The molecule has 0 amide bonds. The number of carbonyl (C=O) groups is 1. The lowest BCUT2D eigenvalue weighted by molar-refractivity contribution is -0.348. The molecule has 0 saturated heterocycles. The van der Waals surface area contributed by atoms with Gasteiger partial charge in [0.15, 0.2) is 0 Å². The lowest BCUT2D eigenvalue weighted by atomic mass is 10.0. The van der Waals surface area contributed by atoms with Crippen molar-refractivity contribution >= 4 is 38.1 Å². The number of ether oxygens (including phenoxy) is 1. The molecule has 3 aromatic rings. The van der Waals surface area contributed by atoms with Crippen molar-refractivity contribution in [3.63, 3.8) is 0 Å². The third-order valence-electron chi connectivity index (χ3n) is 3.06. The lowest BCUT2D eigenvalue weighted by Gasteiger charge is -2.02. The van der Waals surface area contributed by atoms with E-state index in [1.54, 1.807) is 0 Å². The molecular formula is C15H12FNO5S. The zero-order valence-corrected chi connectivity index (χ0v) is 12.8. The highest BCUT2D eigenvalue weighted by Crippen LogP contribution is 2.24. The van der Waals surface area contributed by atoms with E-state index < -0.39 is 10.5 Å². The van der Waals surface area contributed by atoms with Crippen molar-refractivity contribution in [2.24, 2.45) is 0 Å². The highest BCUT2D eigenvalue weighted by Gasteiger charge is 2.20. The van der Waals surface area contributed by atoms with E-state index in [0.717, 1.165) is 21.7 Å². The standard InChI is InChI=1S/C15H11NO2.FHO3S/c1-18-15(17)14-12-8-3-2-6-10(12)11-7-4-5-9-13(11)16-14;1-5(2,3)4/h2-9H,1H3;(H,2,3,4). The first-order chi connectivity index (χ1) is 10.8. The maximum atomic E-state index is 11.8. The highest BCUT2D eigenvalue weighted by molar-refractivity contribution is 7.80. The Morgan fingerprint density at radius 1 is 1.04 bits per heavy atom. The summed E-state index contributed by atoms with van der Waals surface area (Å²) in [6, 6.07) is 15.7. The first-order valence-electron chi connectivity index (χ1n) is 6.38. The Morgan fingerprint density at radius 2 is 1.52 bits per heavy atom. The summed E-state index contributed by atoms with van der Waals surface area (Å²) in [6.45, 7) is 0. The summed E-state index contributed by atoms with van der Waals surface area (Å²) in [5, 5.41) is 3.02. The molecule has 120 valence electrons. The number of nitrogens with one attached hydrogen (secondary N) is 1. The average molecular weight is 337 g/mol. The molecule has 0 unspecified atom stereocenters. The van der Waals surface area contributed by atoms with Crippen LogP contribution in [-0.2, 0) is 15.2 Å². The Hall–Kier alpha value is -2.58. The molecule has 0 spiro atoms. The summed E-state index contributed by atoms with van der Waals surface area (Å²) in [5.41, 5.74) is 1.42. The van der Waals surface area contributed by atoms with Gasteiger partial charge in [0.2, 0.25) is 5.52 Å². The first kappa shape index (κ1) is 16.8. The Balaban J connectivity index is 0.000000338. The molecule has 3 rings (SSSR count). The van der Waals surface area contributed by atoms with Crippen LogP contribution < -0.4 is 4.98 Å². The average Bonchev–Trinajstić information content (AvgIpc) is 2.52. The quantitative estimate of drug-likeness (QED) is 0.293. The molecule has 0 aliphatic heterocycles. The number of hydrogen-bond acceptors (Lipinski definition) is 5. The number of H-pyrrole nitrogens is 1. The lowest BCUT2D eigenvalue weighted by Crippen LogP contribution is -2.19. The Labute approximate surface area is 131 Å². The number of para-hydroxylation sites is 1. The van der Waals surface area contributed by atoms with Gasteiger partial charge >= 0.3 is 5.97 Å². The van der Waals surface area contributed by atoms with Crippen molar-refractivity contribution < 1.29 is 31.4 Å². The maximum Gasteiger partial charge on any atom is 0.404 e. The van der Waals surface area contributed by atoms with Crippen molar-refractivity contribution in [3.05, 3.63) is 54.2 Å². The monoisotopic (exact) mass is 337 g/mol. The van der Waals surface area contributed by atoms with Gasteiger partial charge in [-0.3, -0.25) is 0 Å². The zero-order chi connectivity index (χ0) is 17.0. The van der Waals surface area contributed by atoms with Crippen molar-refractivity contribution in [1.29, 1.82) is 0 Å². The molecule has 0 bridgehead atoms. The summed E-state index contributed by atoms with van der Waals surface area (Å²) < 4.78 is 40.2. The van der Waals surface area contributed by atoms with Crippen molar-refractivity contribution in [2.75, 3.05) is 7.11 Å². The van der Waals surface area contributed by atoms with Gasteiger partial charge in [0, 0.05) is 11.5 Å². The summed E-state index contributed by atoms with van der Waals surface area (Å²) in [6.07, 6.45) is 0. The van der Waals surface area contributed by atoms with Crippen LogP contribution in [0.25, 0.3) is 21.7 Å². The molecule has 0 atom stereocenters. The van der Waals surface area contributed by atoms with E-state index in [-0.39, 0.29) is 5.97 Å². The normalized spacial score (nSPS) is 10.9. The molecule has 0 aliphatic carbocycles. The third-order valence-corrected chi connectivity index (χ3v) is 3.06. The van der Waals surface area contributed by atoms with E-state index in [4.69, 9.17) is 17.7 Å². The van der Waals surface area contributed by atoms with Gasteiger partial charge in [-0.2, -0.15) is 4.98 Å². The summed E-state index contributed by atoms with van der Waals surface area (Å²) in [4.78, 5) is 15.0. The van der Waals surface area contributed by atoms with Crippen molar-refractivity contribution in [1.82, 2.24) is 0 Å². The number of fused-ring (bicyclic) bond motifs is 3. The molecule has 23 heavy (non-hydrogen) atoms. The van der Waals surface area contributed by atoms with Gasteiger partial charge in [0.25, 0.3) is 16.2 Å². The molecule has 1 heterocycles. The minimum atomic E-state index is -5.42. The second-order valence-corrected chi connectivity index (χ2v) is 5.26. The number of carbonyl (C=O) groups excluding carboxylic acids is 1. The number of pyridine rings is 1. The number of rotatable bonds is 1. The van der Waals surface area contributed by atoms with Crippen LogP contribution in [0.5, 0.6) is 0 Å². The van der Waals surface area contributed by atoms with Gasteiger partial charge < -0.3 is 9.29 Å². The van der Waals surface area contributed by atoms with Crippen LogP contribution in [0.15, 0.2) is 48.5 Å². The molecule has 0 aliphatic rings. The van der Waals surface area contributed by atoms with Gasteiger partial charge in [0.1, 0.15) is 0 Å². The van der Waals surface area contributed by atoms with Crippen LogP contribution in [-0.4, -0.2) is 26.0 Å². The molecule has 2 aromatic carbocycles. The molecule has 8 heteroatoms. The fourth-order valence-electron chi connectivity index (χ4n) is 2.23. The molecule has 6 nitrogen and oxygen atoms in total. The summed E-state index contributed by atoms with van der Waals surface area (Å²) >= 11 is 0. The van der Waals surface area contributed by atoms with E-state index in [1.807, 2.05) is 48.5 Å². The maximum absolute atomic E-state index is 11.8. The van der Waals surface area contributed by atoms with E-state index in [9.17, 15) is 8.68 Å². The molecule has 0 saturated carbocycles. The zero-order valence-electron chi connectivity index (χ0n) is 11.9. The fourth-order valence-corrected chi connectivity index (χ4v) is 2.23. The number of aromatic nitrogens is 1. The predicted molar refractivity (Wildman–Crippen MR) is 80.2 cm³/mol. The number of esters is 1. The molecule has 1 aromatic heterocycles. The number of hydrogen-bond donors (Lipinski definition) is 0. The Bertz CT molecular complexity index is 964. The second-order valence-electron chi connectivity index (χ2n) is 4.48. The van der Waals surface area contributed by atoms with E-state index >= 15 is 0 Å². The van der Waals surface area contributed by atoms with Gasteiger partial charge in [-0.15, -0.1) is 3.89 Å². The molecule has 0 radical (unpaired) electrons. The smallest absolute Gasteiger partial charge is 0.404 e. The van der Waals surface area contributed by atoms with Gasteiger partial charge in [0.05, 0.1) is 17.9 Å². The SMILES string of the molecule is COC(=O)c1[nH+]c2ccccc2c2ccccc12.O=S(=O)([O-])F. The Kier molecular flexibility index (Phi) is 4.87. The van der Waals surface area contributed by atoms with Gasteiger partial charge in [-0.1, -0.05) is 30.3 Å². The van der Waals surface area contributed by atoms with Crippen LogP contribution in [0, 0.1) is 0 Å². The van der Waals surface area contributed by atoms with Crippen LogP contribution in [0.2, 0.25) is 0 Å². The van der Waals surface area contributed by atoms with Crippen LogP contribution in [0.4, 0.5) is 3.89 Å². The summed E-state index contributed by atoms with van der Waals surface area (Å²) in [7, 11) is -4.03. The topological polar surface area (TPSA) is 97.6 Å². The van der Waals surface area contributed by atoms with E-state index in [1.165, 1.54) is 7.11 Å². The molecular weight excluding hydrogens is 325 g/mol. The minimum absolute atomic E-state index is 0.350. The van der Waals surface area contributed by atoms with E-state index in [2.05, 4.69) is 4.98 Å². The predicted octanol–water partition coefficient (Wildman–Crippen LogP) is 2.01. The van der Waals surface area contributed by atoms with Gasteiger partial charge in [-0.25, -0.2) is 13.2 Å². The van der Waals surface area contributed by atoms with Crippen molar-refractivity contribution in [3.8, 4) is 0 Å². The van der Waals surface area contributed by atoms with Crippen LogP contribution in [0.3, 0.4) is 0 Å². The molecule has 1 N–H and O–H groups in total. The number of halogens is 1. The molecule has 0 fully saturated rings. The third kappa shape index (κ3) is 4.21. The highest BCUT2D eigenvalue weighted by atomic mass is 32.3. The fraction of sp³-hybridized carbons (Fsp3) is 0.0667. The summed E-state index contributed by atoms with van der Waals surface area (Å²) in [5.74, 6) is -0.350. The minimum Gasteiger partial charge on any atom is -0.722 e. The van der Waals surface area contributed by atoms with Crippen molar-refractivity contribution in [2.45, 2.75) is 0 Å². The number of aromatic amines is 1. The van der Waals surface area contributed by atoms with Gasteiger partial charge in [-0.05, 0) is 12.1 Å². The number of benzene rings is 2. The second kappa shape index (κ2) is 6.67. The largest absolute Gasteiger partial charge is 0.722 e. The Morgan fingerprint density at radius 3 is 2.09 bits per heavy atom. The first-order valence-corrected chi connectivity index (χ1v) is 7.68. The van der Waals surface area contributed by atoms with Crippen LogP contribution in [0.1, 0.15) is 10.5 Å². The van der Waals surface area contributed by atoms with Crippen LogP contribution >= 0.6 is 0 Å².